The maximum Gasteiger partial charge on any atom is 0.257 e. The van der Waals surface area contributed by atoms with E-state index in [4.69, 9.17) is 4.98 Å². The van der Waals surface area contributed by atoms with Gasteiger partial charge in [0, 0.05) is 47.7 Å². The number of rotatable bonds is 6. The smallest absolute Gasteiger partial charge is 0.257 e. The van der Waals surface area contributed by atoms with Crippen LogP contribution in [0.15, 0.2) is 60.7 Å². The monoisotopic (exact) mass is 652 g/mol. The van der Waals surface area contributed by atoms with Crippen molar-refractivity contribution in [2.75, 3.05) is 16.8 Å². The van der Waals surface area contributed by atoms with E-state index in [-0.39, 0.29) is 5.91 Å². The number of aryl methyl sites for hydroxylation is 1. The number of aromatic nitrogens is 3. The predicted octanol–water partition coefficient (Wildman–Crippen LogP) is 8.68. The number of thiazole rings is 1. The third-order valence-corrected chi connectivity index (χ3v) is 12.8. The maximum atomic E-state index is 13.5. The van der Waals surface area contributed by atoms with E-state index in [2.05, 4.69) is 63.9 Å². The van der Waals surface area contributed by atoms with Crippen LogP contribution in [0.2, 0.25) is 0 Å². The highest BCUT2D eigenvalue weighted by Gasteiger charge is 2.51. The van der Waals surface area contributed by atoms with Crippen molar-refractivity contribution in [1.29, 1.82) is 5.26 Å². The number of pyridine rings is 1. The number of carbonyl (C=O) groups excluding carboxylic acids is 1. The Bertz CT molecular complexity index is 2070. The summed E-state index contributed by atoms with van der Waals surface area (Å²) >= 11 is 1.49. The fraction of sp³-hybridized carbons (Fsp3) is 0.400. The summed E-state index contributed by atoms with van der Waals surface area (Å²) in [6.07, 6.45) is 9.12. The van der Waals surface area contributed by atoms with Crippen LogP contribution < -0.4 is 10.2 Å². The molecular weight excluding hydrogens is 613 g/mol. The van der Waals surface area contributed by atoms with Crippen LogP contribution in [0.4, 0.5) is 10.9 Å². The molecule has 8 heteroatoms. The van der Waals surface area contributed by atoms with E-state index < -0.39 is 0 Å². The van der Waals surface area contributed by atoms with Gasteiger partial charge in [-0.3, -0.25) is 10.1 Å². The summed E-state index contributed by atoms with van der Waals surface area (Å²) in [4.78, 5) is 25.6. The van der Waals surface area contributed by atoms with Gasteiger partial charge in [0.25, 0.3) is 5.91 Å². The zero-order valence-electron chi connectivity index (χ0n) is 27.6. The van der Waals surface area contributed by atoms with Gasteiger partial charge in [-0.1, -0.05) is 35.6 Å². The molecule has 3 aromatic heterocycles. The fourth-order valence-electron chi connectivity index (χ4n) is 10.1. The van der Waals surface area contributed by atoms with E-state index >= 15 is 0 Å². The van der Waals surface area contributed by atoms with Crippen molar-refractivity contribution in [1.82, 2.24) is 14.5 Å². The summed E-state index contributed by atoms with van der Waals surface area (Å²) < 4.78 is 3.38. The predicted molar refractivity (Wildman–Crippen MR) is 191 cm³/mol. The molecule has 0 unspecified atom stereocenters. The number of hydrogen-bond donors (Lipinski definition) is 1. The third-order valence-electron chi connectivity index (χ3n) is 11.9. The Morgan fingerprint density at radius 3 is 2.48 bits per heavy atom. The van der Waals surface area contributed by atoms with E-state index in [9.17, 15) is 10.1 Å². The van der Waals surface area contributed by atoms with Crippen LogP contribution in [0.3, 0.4) is 0 Å². The van der Waals surface area contributed by atoms with Crippen molar-refractivity contribution in [3.63, 3.8) is 0 Å². The molecule has 5 aromatic rings. The molecule has 1 N–H and O–H groups in total. The standard InChI is InChI=1S/C40H40N6OS/c1-24-31(33-17-30(21-41)46(25(33)2)23-40-18-26-14-27(19-40)16-28(15-26)20-40)10-11-37(42-24)45-13-12-29-6-5-7-32(34(29)22-45)38(47)44-39-43-35-8-3-4-9-36(35)48-39/h3-11,17,26-28H,12-16,18-20,22-23H2,1-2H3,(H,43,44,47). The topological polar surface area (TPSA) is 86.8 Å². The number of nitrogens with one attached hydrogen (secondary N) is 1. The molecule has 7 nitrogen and oxygen atoms in total. The first-order valence-electron chi connectivity index (χ1n) is 17.5. The van der Waals surface area contributed by atoms with E-state index in [1.54, 1.807) is 0 Å². The zero-order chi connectivity index (χ0) is 32.6. The van der Waals surface area contributed by atoms with Gasteiger partial charge in [0.05, 0.1) is 10.2 Å². The fourth-order valence-corrected chi connectivity index (χ4v) is 11.0. The number of fused-ring (bicyclic) bond motifs is 2. The van der Waals surface area contributed by atoms with Crippen LogP contribution >= 0.6 is 11.3 Å². The second-order valence-electron chi connectivity index (χ2n) is 15.0. The highest BCUT2D eigenvalue weighted by Crippen LogP contribution is 2.60. The minimum absolute atomic E-state index is 0.130. The number of amides is 1. The van der Waals surface area contributed by atoms with Gasteiger partial charge in [-0.05, 0) is 129 Å². The molecule has 0 radical (unpaired) electrons. The Labute approximate surface area is 285 Å². The molecule has 5 aliphatic rings. The quantitative estimate of drug-likeness (QED) is 0.198. The molecule has 0 atom stereocenters. The normalized spacial score (nSPS) is 24.1. The van der Waals surface area contributed by atoms with Gasteiger partial charge >= 0.3 is 0 Å². The molecule has 4 bridgehead atoms. The Morgan fingerprint density at radius 1 is 0.979 bits per heavy atom. The average molecular weight is 653 g/mol. The molecule has 10 rings (SSSR count). The number of benzene rings is 2. The summed E-state index contributed by atoms with van der Waals surface area (Å²) in [6, 6.07) is 22.9. The lowest BCUT2D eigenvalue weighted by Gasteiger charge is -2.57. The highest BCUT2D eigenvalue weighted by molar-refractivity contribution is 7.22. The van der Waals surface area contributed by atoms with Crippen LogP contribution in [-0.2, 0) is 19.5 Å². The van der Waals surface area contributed by atoms with Crippen LogP contribution in [0.1, 0.15) is 77.1 Å². The van der Waals surface area contributed by atoms with Crippen molar-refractivity contribution in [3.05, 3.63) is 94.4 Å². The lowest BCUT2D eigenvalue weighted by atomic mass is 9.49. The molecule has 4 fully saturated rings. The van der Waals surface area contributed by atoms with Gasteiger partial charge in [0.1, 0.15) is 17.6 Å². The number of para-hydroxylation sites is 1. The first-order chi connectivity index (χ1) is 23.3. The summed E-state index contributed by atoms with van der Waals surface area (Å²) in [5.74, 6) is 3.45. The van der Waals surface area contributed by atoms with Crippen molar-refractivity contribution in [2.45, 2.75) is 71.9 Å². The summed E-state index contributed by atoms with van der Waals surface area (Å²) in [6.45, 7) is 6.68. The SMILES string of the molecule is Cc1nc(N2CCc3cccc(C(=O)Nc4nc5ccccc5s4)c3C2)ccc1-c1cc(C#N)n(CC23CC4CC(CC(C4)C2)C3)c1C. The number of anilines is 2. The van der Waals surface area contributed by atoms with Gasteiger partial charge in [0.15, 0.2) is 5.13 Å². The molecule has 1 aliphatic heterocycles. The maximum absolute atomic E-state index is 13.5. The Balaban J connectivity index is 0.963. The van der Waals surface area contributed by atoms with Gasteiger partial charge in [-0.25, -0.2) is 9.97 Å². The number of hydrogen-bond acceptors (Lipinski definition) is 6. The molecule has 4 saturated carbocycles. The second kappa shape index (κ2) is 11.3. The van der Waals surface area contributed by atoms with Gasteiger partial charge in [0.2, 0.25) is 0 Å². The van der Waals surface area contributed by atoms with Crippen molar-refractivity contribution >= 4 is 38.4 Å². The third kappa shape index (κ3) is 5.02. The first-order valence-corrected chi connectivity index (χ1v) is 18.3. The molecule has 0 spiro atoms. The highest BCUT2D eigenvalue weighted by atomic mass is 32.1. The Morgan fingerprint density at radius 2 is 1.75 bits per heavy atom. The number of nitrogens with zero attached hydrogens (tertiary/aromatic N) is 5. The van der Waals surface area contributed by atoms with Crippen LogP contribution in [0.5, 0.6) is 0 Å². The van der Waals surface area contributed by atoms with Crippen LogP contribution in [0, 0.1) is 48.3 Å². The average Bonchev–Trinajstić information content (AvgIpc) is 3.62. The van der Waals surface area contributed by atoms with Crippen molar-refractivity contribution in [3.8, 4) is 17.2 Å². The zero-order valence-corrected chi connectivity index (χ0v) is 28.4. The van der Waals surface area contributed by atoms with Crippen LogP contribution in [0.25, 0.3) is 21.3 Å². The van der Waals surface area contributed by atoms with E-state index in [0.29, 0.717) is 22.7 Å². The summed E-state index contributed by atoms with van der Waals surface area (Å²) in [5.41, 5.74) is 9.29. The lowest BCUT2D eigenvalue weighted by molar-refractivity contribution is -0.0621. The van der Waals surface area contributed by atoms with Gasteiger partial charge in [-0.15, -0.1) is 0 Å². The first kappa shape index (κ1) is 29.6. The molecule has 0 saturated heterocycles. The number of nitriles is 1. The van der Waals surface area contributed by atoms with Gasteiger partial charge < -0.3 is 9.47 Å². The summed E-state index contributed by atoms with van der Waals surface area (Å²) in [5, 5.41) is 13.9. The Hall–Kier alpha value is -4.48. The molecule has 242 valence electrons. The molecule has 48 heavy (non-hydrogen) atoms. The molecule has 1 amide bonds. The second-order valence-corrected chi connectivity index (χ2v) is 16.0. The van der Waals surface area contributed by atoms with Gasteiger partial charge in [-0.2, -0.15) is 5.26 Å². The lowest BCUT2D eigenvalue weighted by Crippen LogP contribution is -2.48. The minimum atomic E-state index is -0.130. The molecule has 4 heterocycles. The largest absolute Gasteiger partial charge is 0.352 e. The minimum Gasteiger partial charge on any atom is -0.352 e. The van der Waals surface area contributed by atoms with E-state index in [0.717, 1.165) is 81.4 Å². The summed E-state index contributed by atoms with van der Waals surface area (Å²) in [7, 11) is 0. The number of carbonyl (C=O) groups is 1. The molecule has 4 aliphatic carbocycles. The van der Waals surface area contributed by atoms with Crippen molar-refractivity contribution in [2.24, 2.45) is 23.2 Å². The molecular formula is C40H40N6OS. The Kier molecular flexibility index (Phi) is 6.98. The van der Waals surface area contributed by atoms with E-state index in [1.165, 1.54) is 61.1 Å². The van der Waals surface area contributed by atoms with Crippen molar-refractivity contribution < 1.29 is 4.79 Å². The van der Waals surface area contributed by atoms with Crippen LogP contribution in [-0.4, -0.2) is 27.0 Å². The molecule has 2 aromatic carbocycles. The van der Waals surface area contributed by atoms with E-state index in [1.807, 2.05) is 36.4 Å².